The fourth-order valence-corrected chi connectivity index (χ4v) is 3.34. The van der Waals surface area contributed by atoms with Gasteiger partial charge in [0.15, 0.2) is 0 Å². The molecule has 2 rings (SSSR count). The summed E-state index contributed by atoms with van der Waals surface area (Å²) in [4.78, 5) is 14.1. The Labute approximate surface area is 144 Å². The van der Waals surface area contributed by atoms with E-state index in [0.717, 1.165) is 19.3 Å². The van der Waals surface area contributed by atoms with Gasteiger partial charge < -0.3 is 4.90 Å². The number of fused-ring (bicyclic) bond motifs is 1. The molecular formula is C18H29N5O. The Bertz CT molecular complexity index is 622. The van der Waals surface area contributed by atoms with Crippen LogP contribution in [-0.2, 0) is 16.8 Å². The number of carbonyl (C=O) groups excluding carboxylic acids is 1. The minimum Gasteiger partial charge on any atom is -0.343 e. The van der Waals surface area contributed by atoms with Crippen LogP contribution >= 0.6 is 0 Å². The lowest BCUT2D eigenvalue weighted by Crippen LogP contribution is -2.45. The third kappa shape index (κ3) is 3.96. The summed E-state index contributed by atoms with van der Waals surface area (Å²) in [5.41, 5.74) is 2.47. The highest BCUT2D eigenvalue weighted by Crippen LogP contribution is 2.32. The van der Waals surface area contributed by atoms with Crippen molar-refractivity contribution in [3.8, 4) is 6.07 Å². The normalized spacial score (nSPS) is 18.6. The van der Waals surface area contributed by atoms with Gasteiger partial charge >= 0.3 is 0 Å². The average molecular weight is 331 g/mol. The summed E-state index contributed by atoms with van der Waals surface area (Å²) in [6.45, 7) is 8.85. The Morgan fingerprint density at radius 2 is 2.29 bits per heavy atom. The van der Waals surface area contributed by atoms with Crippen molar-refractivity contribution in [1.82, 2.24) is 20.0 Å². The van der Waals surface area contributed by atoms with Gasteiger partial charge in [0.2, 0.25) is 5.91 Å². The lowest BCUT2D eigenvalue weighted by Gasteiger charge is -2.30. The van der Waals surface area contributed by atoms with Gasteiger partial charge in [0, 0.05) is 30.9 Å². The van der Waals surface area contributed by atoms with Crippen molar-refractivity contribution in [2.75, 3.05) is 13.6 Å². The van der Waals surface area contributed by atoms with Crippen molar-refractivity contribution in [1.29, 1.82) is 5.26 Å². The van der Waals surface area contributed by atoms with E-state index in [4.69, 9.17) is 5.26 Å². The number of nitrogens with one attached hydrogen (secondary N) is 1. The molecule has 132 valence electrons. The molecule has 1 aliphatic carbocycles. The van der Waals surface area contributed by atoms with Gasteiger partial charge in [-0.3, -0.25) is 14.8 Å². The molecule has 0 saturated heterocycles. The van der Waals surface area contributed by atoms with Crippen molar-refractivity contribution in [2.45, 2.75) is 71.0 Å². The fourth-order valence-electron chi connectivity index (χ4n) is 3.34. The molecule has 2 atom stereocenters. The number of hydrogen-bond acceptors (Lipinski definition) is 4. The molecule has 1 aromatic rings. The molecule has 0 aromatic carbocycles. The first kappa shape index (κ1) is 18.5. The highest BCUT2D eigenvalue weighted by molar-refractivity contribution is 5.81. The van der Waals surface area contributed by atoms with Crippen LogP contribution in [0.15, 0.2) is 6.20 Å². The zero-order valence-electron chi connectivity index (χ0n) is 15.5. The van der Waals surface area contributed by atoms with Crippen molar-refractivity contribution in [2.24, 2.45) is 0 Å². The zero-order valence-corrected chi connectivity index (χ0v) is 15.5. The van der Waals surface area contributed by atoms with Crippen molar-refractivity contribution in [3.05, 3.63) is 17.5 Å². The Morgan fingerprint density at radius 3 is 2.92 bits per heavy atom. The van der Waals surface area contributed by atoms with E-state index >= 15 is 0 Å². The maximum atomic E-state index is 12.4. The van der Waals surface area contributed by atoms with Gasteiger partial charge in [-0.15, -0.1) is 0 Å². The van der Waals surface area contributed by atoms with E-state index in [9.17, 15) is 4.79 Å². The molecule has 0 spiro atoms. The van der Waals surface area contributed by atoms with Gasteiger partial charge in [-0.2, -0.15) is 10.4 Å². The molecular weight excluding hydrogens is 302 g/mol. The highest BCUT2D eigenvalue weighted by atomic mass is 16.2. The van der Waals surface area contributed by atoms with Crippen LogP contribution in [-0.4, -0.2) is 40.2 Å². The number of hydrogen-bond donors (Lipinski definition) is 1. The summed E-state index contributed by atoms with van der Waals surface area (Å²) in [6.07, 6.45) is 5.46. The second-order valence-corrected chi connectivity index (χ2v) is 7.63. The van der Waals surface area contributed by atoms with E-state index in [1.54, 1.807) is 11.9 Å². The standard InChI is InChI=1S/C18H29N5O/c1-13(17(24)22(5)11-7-10-19)21-15-8-6-9-16-14(15)12-20-23(16)18(2,3)4/h12-13,15,21H,6-9,11H2,1-5H3. The van der Waals surface area contributed by atoms with Gasteiger partial charge in [0.25, 0.3) is 0 Å². The van der Waals surface area contributed by atoms with Gasteiger partial charge in [-0.05, 0) is 47.0 Å². The van der Waals surface area contributed by atoms with Gasteiger partial charge in [-0.1, -0.05) is 0 Å². The second kappa shape index (κ2) is 7.35. The van der Waals surface area contributed by atoms with E-state index in [0.29, 0.717) is 13.0 Å². The minimum atomic E-state index is -0.275. The van der Waals surface area contributed by atoms with Gasteiger partial charge in [0.1, 0.15) is 0 Å². The average Bonchev–Trinajstić information content (AvgIpc) is 2.97. The summed E-state index contributed by atoms with van der Waals surface area (Å²) in [5.74, 6) is 0.0283. The van der Waals surface area contributed by atoms with Crippen LogP contribution in [0.3, 0.4) is 0 Å². The SMILES string of the molecule is CC(NC1CCCc2c1cnn2C(C)(C)C)C(=O)N(C)CCC#N. The molecule has 0 bridgehead atoms. The van der Waals surface area contributed by atoms with Crippen molar-refractivity contribution >= 4 is 5.91 Å². The number of amides is 1. The Kier molecular flexibility index (Phi) is 5.66. The van der Waals surface area contributed by atoms with Crippen LogP contribution in [0.1, 0.15) is 64.3 Å². The molecule has 2 unspecified atom stereocenters. The molecule has 0 aliphatic heterocycles. The Hall–Kier alpha value is -1.87. The van der Waals surface area contributed by atoms with Crippen LogP contribution in [0.5, 0.6) is 0 Å². The molecule has 6 nitrogen and oxygen atoms in total. The Balaban J connectivity index is 2.09. The second-order valence-electron chi connectivity index (χ2n) is 7.63. The van der Waals surface area contributed by atoms with E-state index in [-0.39, 0.29) is 23.5 Å². The van der Waals surface area contributed by atoms with Crippen molar-refractivity contribution in [3.63, 3.8) is 0 Å². The quantitative estimate of drug-likeness (QED) is 0.899. The number of rotatable bonds is 5. The van der Waals surface area contributed by atoms with E-state index in [2.05, 4.69) is 41.9 Å². The highest BCUT2D eigenvalue weighted by Gasteiger charge is 2.30. The first-order valence-electron chi connectivity index (χ1n) is 8.71. The maximum absolute atomic E-state index is 12.4. The maximum Gasteiger partial charge on any atom is 0.239 e. The number of nitrogens with zero attached hydrogens (tertiary/aromatic N) is 4. The summed E-state index contributed by atoms with van der Waals surface area (Å²) in [5, 5.41) is 16.7. The Morgan fingerprint density at radius 1 is 1.58 bits per heavy atom. The number of carbonyl (C=O) groups is 1. The first-order valence-corrected chi connectivity index (χ1v) is 8.71. The summed E-state index contributed by atoms with van der Waals surface area (Å²) < 4.78 is 2.11. The summed E-state index contributed by atoms with van der Waals surface area (Å²) in [6, 6.07) is 1.96. The molecule has 1 heterocycles. The lowest BCUT2D eigenvalue weighted by molar-refractivity contribution is -0.131. The topological polar surface area (TPSA) is 74.0 Å². The zero-order chi connectivity index (χ0) is 17.9. The van der Waals surface area contributed by atoms with Gasteiger partial charge in [-0.25, -0.2) is 0 Å². The van der Waals surface area contributed by atoms with Crippen LogP contribution in [0, 0.1) is 11.3 Å². The molecule has 0 saturated carbocycles. The minimum absolute atomic E-state index is 0.0283. The van der Waals surface area contributed by atoms with E-state index in [1.807, 2.05) is 13.1 Å². The molecule has 24 heavy (non-hydrogen) atoms. The van der Waals surface area contributed by atoms with Gasteiger partial charge in [0.05, 0.1) is 30.3 Å². The molecule has 1 aliphatic rings. The monoisotopic (exact) mass is 331 g/mol. The lowest BCUT2D eigenvalue weighted by atomic mass is 9.91. The number of aromatic nitrogens is 2. The predicted octanol–water partition coefficient (Wildman–Crippen LogP) is 2.37. The van der Waals surface area contributed by atoms with E-state index in [1.165, 1.54) is 11.3 Å². The summed E-state index contributed by atoms with van der Waals surface area (Å²) >= 11 is 0. The van der Waals surface area contributed by atoms with Crippen LogP contribution in [0.2, 0.25) is 0 Å². The summed E-state index contributed by atoms with van der Waals surface area (Å²) in [7, 11) is 1.75. The molecule has 1 N–H and O–H groups in total. The molecule has 6 heteroatoms. The van der Waals surface area contributed by atoms with Crippen molar-refractivity contribution < 1.29 is 4.79 Å². The van der Waals surface area contributed by atoms with E-state index < -0.39 is 0 Å². The largest absolute Gasteiger partial charge is 0.343 e. The van der Waals surface area contributed by atoms with Crippen LogP contribution in [0.4, 0.5) is 0 Å². The molecule has 0 fully saturated rings. The number of likely N-dealkylation sites (N-methyl/N-ethyl adjacent to an activating group) is 1. The smallest absolute Gasteiger partial charge is 0.239 e. The number of nitriles is 1. The molecule has 0 radical (unpaired) electrons. The van der Waals surface area contributed by atoms with Crippen LogP contribution in [0.25, 0.3) is 0 Å². The third-order valence-electron chi connectivity index (χ3n) is 4.58. The first-order chi connectivity index (χ1) is 11.3. The molecule has 1 amide bonds. The fraction of sp³-hybridized carbons (Fsp3) is 0.722. The molecule has 1 aromatic heterocycles. The predicted molar refractivity (Wildman–Crippen MR) is 93.4 cm³/mol. The third-order valence-corrected chi connectivity index (χ3v) is 4.58. The van der Waals surface area contributed by atoms with Crippen LogP contribution < -0.4 is 5.32 Å².